The summed E-state index contributed by atoms with van der Waals surface area (Å²) < 4.78 is 14.2. The van der Waals surface area contributed by atoms with E-state index >= 15 is 0 Å². The number of halogens is 2. The van der Waals surface area contributed by atoms with Gasteiger partial charge in [-0.1, -0.05) is 6.07 Å². The van der Waals surface area contributed by atoms with E-state index in [-0.39, 0.29) is 12.4 Å². The lowest BCUT2D eigenvalue weighted by molar-refractivity contribution is 0.281. The highest BCUT2D eigenvalue weighted by Gasteiger charge is 2.23. The van der Waals surface area contributed by atoms with E-state index in [2.05, 4.69) is 20.9 Å². The summed E-state index contributed by atoms with van der Waals surface area (Å²) in [5.74, 6) is 0.434. The molecule has 0 saturated carbocycles. The molecule has 0 aliphatic carbocycles. The summed E-state index contributed by atoms with van der Waals surface area (Å²) in [4.78, 5) is 6.31. The summed E-state index contributed by atoms with van der Waals surface area (Å²) in [5.41, 5.74) is 2.67. The Morgan fingerprint density at radius 1 is 1.37 bits per heavy atom. The van der Waals surface area contributed by atoms with Crippen molar-refractivity contribution in [3.05, 3.63) is 51.9 Å². The maximum Gasteiger partial charge on any atom is 0.138 e. The minimum absolute atomic E-state index is 0.0943. The first-order valence-electron chi connectivity index (χ1n) is 6.00. The first kappa shape index (κ1) is 12.6. The van der Waals surface area contributed by atoms with Crippen LogP contribution in [-0.2, 0) is 13.0 Å². The Balaban J connectivity index is 2.08. The fourth-order valence-corrected chi connectivity index (χ4v) is 2.78. The molecule has 19 heavy (non-hydrogen) atoms. The zero-order valence-electron chi connectivity index (χ0n) is 10.1. The standard InChI is InChI=1S/C14H12BrFN2O/c15-11-5-10(8-19)14(17-7-11)18-4-3-9-1-2-12(16)6-13(9)18/h1-2,5-7,19H,3-4,8H2. The van der Waals surface area contributed by atoms with E-state index in [0.29, 0.717) is 5.82 Å². The molecule has 5 heteroatoms. The number of pyridine rings is 1. The van der Waals surface area contributed by atoms with Gasteiger partial charge in [0, 0.05) is 28.5 Å². The average Bonchev–Trinajstić information content (AvgIpc) is 2.81. The van der Waals surface area contributed by atoms with E-state index in [4.69, 9.17) is 0 Å². The molecule has 0 fully saturated rings. The minimum atomic E-state index is -0.256. The molecule has 1 aliphatic heterocycles. The first-order chi connectivity index (χ1) is 9.19. The molecule has 1 aliphatic rings. The molecule has 0 spiro atoms. The van der Waals surface area contributed by atoms with E-state index in [1.165, 1.54) is 12.1 Å². The first-order valence-corrected chi connectivity index (χ1v) is 6.79. The van der Waals surface area contributed by atoms with Gasteiger partial charge in [-0.25, -0.2) is 9.37 Å². The SMILES string of the molecule is OCc1cc(Br)cnc1N1CCc2ccc(F)cc21. The molecule has 98 valence electrons. The second-order valence-corrected chi connectivity index (χ2v) is 5.38. The lowest BCUT2D eigenvalue weighted by Gasteiger charge is -2.21. The molecule has 1 N–H and O–H groups in total. The zero-order valence-corrected chi connectivity index (χ0v) is 11.7. The van der Waals surface area contributed by atoms with Crippen LogP contribution in [0.4, 0.5) is 15.9 Å². The number of hydrogen-bond donors (Lipinski definition) is 1. The van der Waals surface area contributed by atoms with Gasteiger partial charge in [0.05, 0.1) is 6.61 Å². The lowest BCUT2D eigenvalue weighted by Crippen LogP contribution is -2.17. The molecule has 3 rings (SSSR count). The van der Waals surface area contributed by atoms with Crippen LogP contribution < -0.4 is 4.90 Å². The molecule has 2 heterocycles. The van der Waals surface area contributed by atoms with Gasteiger partial charge in [-0.15, -0.1) is 0 Å². The van der Waals surface area contributed by atoms with Crippen LogP contribution in [0.1, 0.15) is 11.1 Å². The Kier molecular flexibility index (Phi) is 3.24. The van der Waals surface area contributed by atoms with E-state index < -0.39 is 0 Å². The van der Waals surface area contributed by atoms with Gasteiger partial charge in [-0.05, 0) is 46.1 Å². The van der Waals surface area contributed by atoms with E-state index in [0.717, 1.165) is 34.3 Å². The van der Waals surface area contributed by atoms with Crippen molar-refractivity contribution in [1.29, 1.82) is 0 Å². The Hall–Kier alpha value is -1.46. The molecule has 1 aromatic carbocycles. The number of benzene rings is 1. The highest BCUT2D eigenvalue weighted by Crippen LogP contribution is 2.36. The second kappa shape index (κ2) is 4.90. The van der Waals surface area contributed by atoms with Crippen molar-refractivity contribution in [3.63, 3.8) is 0 Å². The van der Waals surface area contributed by atoms with Gasteiger partial charge in [-0.3, -0.25) is 0 Å². The summed E-state index contributed by atoms with van der Waals surface area (Å²) in [6.07, 6.45) is 2.55. The molecule has 0 radical (unpaired) electrons. The van der Waals surface area contributed by atoms with Gasteiger partial charge >= 0.3 is 0 Å². The smallest absolute Gasteiger partial charge is 0.138 e. The predicted molar refractivity (Wildman–Crippen MR) is 75.0 cm³/mol. The molecular weight excluding hydrogens is 311 g/mol. The summed E-state index contributed by atoms with van der Waals surface area (Å²) in [6, 6.07) is 6.64. The third-order valence-corrected chi connectivity index (χ3v) is 3.71. The Labute approximate surface area is 118 Å². The quantitative estimate of drug-likeness (QED) is 0.922. The fraction of sp³-hybridized carbons (Fsp3) is 0.214. The minimum Gasteiger partial charge on any atom is -0.392 e. The zero-order chi connectivity index (χ0) is 13.4. The summed E-state index contributed by atoms with van der Waals surface area (Å²) in [6.45, 7) is 0.656. The van der Waals surface area contributed by atoms with Crippen molar-refractivity contribution in [2.45, 2.75) is 13.0 Å². The number of nitrogens with zero attached hydrogens (tertiary/aromatic N) is 2. The molecule has 0 bridgehead atoms. The predicted octanol–water partition coefficient (Wildman–Crippen LogP) is 3.17. The van der Waals surface area contributed by atoms with Crippen LogP contribution >= 0.6 is 15.9 Å². The molecule has 3 nitrogen and oxygen atoms in total. The van der Waals surface area contributed by atoms with Crippen LogP contribution in [0, 0.1) is 5.82 Å². The van der Waals surface area contributed by atoms with E-state index in [9.17, 15) is 9.50 Å². The van der Waals surface area contributed by atoms with Crippen LogP contribution in [0.25, 0.3) is 0 Å². The molecule has 0 unspecified atom stereocenters. The van der Waals surface area contributed by atoms with E-state index in [1.807, 2.05) is 17.0 Å². The number of aliphatic hydroxyl groups excluding tert-OH is 1. The number of rotatable bonds is 2. The maximum absolute atomic E-state index is 13.4. The van der Waals surface area contributed by atoms with Crippen LogP contribution in [0.15, 0.2) is 34.9 Å². The van der Waals surface area contributed by atoms with Gasteiger partial charge in [0.2, 0.25) is 0 Å². The molecule has 0 atom stereocenters. The van der Waals surface area contributed by atoms with Crippen molar-refractivity contribution in [2.24, 2.45) is 0 Å². The Morgan fingerprint density at radius 3 is 3.00 bits per heavy atom. The van der Waals surface area contributed by atoms with Crippen LogP contribution in [-0.4, -0.2) is 16.6 Å². The number of fused-ring (bicyclic) bond motifs is 1. The Morgan fingerprint density at radius 2 is 2.21 bits per heavy atom. The van der Waals surface area contributed by atoms with Crippen LogP contribution in [0.3, 0.4) is 0 Å². The fourth-order valence-electron chi connectivity index (χ4n) is 2.41. The number of hydrogen-bond acceptors (Lipinski definition) is 3. The largest absolute Gasteiger partial charge is 0.392 e. The summed E-state index contributed by atoms with van der Waals surface area (Å²) >= 11 is 3.34. The third-order valence-electron chi connectivity index (χ3n) is 3.28. The van der Waals surface area contributed by atoms with Crippen molar-refractivity contribution in [3.8, 4) is 0 Å². The van der Waals surface area contributed by atoms with Crippen molar-refractivity contribution in [2.75, 3.05) is 11.4 Å². The number of aliphatic hydroxyl groups is 1. The number of anilines is 2. The molecule has 0 amide bonds. The van der Waals surface area contributed by atoms with Crippen molar-refractivity contribution in [1.82, 2.24) is 4.98 Å². The van der Waals surface area contributed by atoms with Crippen molar-refractivity contribution >= 4 is 27.4 Å². The van der Waals surface area contributed by atoms with Gasteiger partial charge in [0.1, 0.15) is 11.6 Å². The molecule has 2 aromatic rings. The second-order valence-electron chi connectivity index (χ2n) is 4.47. The summed E-state index contributed by atoms with van der Waals surface area (Å²) in [5, 5.41) is 9.44. The summed E-state index contributed by atoms with van der Waals surface area (Å²) in [7, 11) is 0. The highest BCUT2D eigenvalue weighted by atomic mass is 79.9. The van der Waals surface area contributed by atoms with Gasteiger partial charge in [0.15, 0.2) is 0 Å². The average molecular weight is 323 g/mol. The molecule has 1 aromatic heterocycles. The van der Waals surface area contributed by atoms with Crippen LogP contribution in [0.2, 0.25) is 0 Å². The monoisotopic (exact) mass is 322 g/mol. The molecular formula is C14H12BrFN2O. The highest BCUT2D eigenvalue weighted by molar-refractivity contribution is 9.10. The van der Waals surface area contributed by atoms with Crippen molar-refractivity contribution < 1.29 is 9.50 Å². The van der Waals surface area contributed by atoms with Gasteiger partial charge < -0.3 is 10.0 Å². The van der Waals surface area contributed by atoms with Gasteiger partial charge in [-0.2, -0.15) is 0 Å². The molecule has 0 saturated heterocycles. The number of aromatic nitrogens is 1. The maximum atomic E-state index is 13.4. The van der Waals surface area contributed by atoms with Gasteiger partial charge in [0.25, 0.3) is 0 Å². The lowest BCUT2D eigenvalue weighted by atomic mass is 10.1. The normalized spacial score (nSPS) is 13.7. The third kappa shape index (κ3) is 2.24. The van der Waals surface area contributed by atoms with Crippen LogP contribution in [0.5, 0.6) is 0 Å². The topological polar surface area (TPSA) is 36.4 Å². The van der Waals surface area contributed by atoms with E-state index in [1.54, 1.807) is 6.20 Å². The Bertz CT molecular complexity index is 633.